The van der Waals surface area contributed by atoms with Crippen LogP contribution in [-0.4, -0.2) is 57.9 Å². The molecule has 4 rings (SSSR count). The fourth-order valence-electron chi connectivity index (χ4n) is 3.51. The van der Waals surface area contributed by atoms with Gasteiger partial charge in [0.15, 0.2) is 5.82 Å². The Balaban J connectivity index is 1.33. The summed E-state index contributed by atoms with van der Waals surface area (Å²) in [5, 5.41) is 8.45. The summed E-state index contributed by atoms with van der Waals surface area (Å²) in [5.74, 6) is 1.91. The number of ether oxygens (including phenoxy) is 1. The van der Waals surface area contributed by atoms with Gasteiger partial charge in [-0.2, -0.15) is 0 Å². The molecule has 6 heteroatoms. The topological polar surface area (TPSA) is 46.4 Å². The Hall–Kier alpha value is -2.70. The van der Waals surface area contributed by atoms with Gasteiger partial charge in [0.2, 0.25) is 0 Å². The van der Waals surface area contributed by atoms with Crippen LogP contribution in [0.15, 0.2) is 60.9 Å². The van der Waals surface area contributed by atoms with Crippen LogP contribution in [0.2, 0.25) is 0 Å². The summed E-state index contributed by atoms with van der Waals surface area (Å²) in [4.78, 5) is 4.94. The smallest absolute Gasteiger partial charge is 0.151 e. The molecular weight excluding hydrogens is 338 g/mol. The number of aromatic nitrogens is 3. The molecule has 0 bridgehead atoms. The van der Waals surface area contributed by atoms with E-state index in [4.69, 9.17) is 4.74 Å². The van der Waals surface area contributed by atoms with E-state index in [1.807, 2.05) is 24.3 Å². The van der Waals surface area contributed by atoms with Gasteiger partial charge in [-0.05, 0) is 29.8 Å². The number of piperazine rings is 1. The fraction of sp³-hybridized carbons (Fsp3) is 0.333. The Morgan fingerprint density at radius 1 is 0.889 bits per heavy atom. The summed E-state index contributed by atoms with van der Waals surface area (Å²) in [5.41, 5.74) is 2.40. The largest absolute Gasteiger partial charge is 0.497 e. The number of hydrogen-bond donors (Lipinski definition) is 0. The number of benzene rings is 2. The molecule has 1 aliphatic rings. The molecule has 0 aliphatic carbocycles. The second kappa shape index (κ2) is 8.33. The minimum Gasteiger partial charge on any atom is -0.497 e. The van der Waals surface area contributed by atoms with Crippen LogP contribution in [0.4, 0.5) is 0 Å². The first kappa shape index (κ1) is 17.7. The van der Waals surface area contributed by atoms with Gasteiger partial charge >= 0.3 is 0 Å². The minimum absolute atomic E-state index is 0.821. The molecule has 1 fully saturated rings. The molecule has 140 valence electrons. The van der Waals surface area contributed by atoms with Gasteiger partial charge in [-0.1, -0.05) is 30.3 Å². The van der Waals surface area contributed by atoms with Gasteiger partial charge in [-0.25, -0.2) is 0 Å². The highest BCUT2D eigenvalue weighted by molar-refractivity contribution is 5.32. The van der Waals surface area contributed by atoms with Crippen molar-refractivity contribution in [1.29, 1.82) is 0 Å². The lowest BCUT2D eigenvalue weighted by molar-refractivity contribution is 0.119. The zero-order chi connectivity index (χ0) is 18.5. The first-order valence-corrected chi connectivity index (χ1v) is 9.34. The van der Waals surface area contributed by atoms with Crippen molar-refractivity contribution in [3.05, 3.63) is 72.3 Å². The van der Waals surface area contributed by atoms with Crippen LogP contribution in [0.3, 0.4) is 0 Å². The monoisotopic (exact) mass is 363 g/mol. The van der Waals surface area contributed by atoms with E-state index in [-0.39, 0.29) is 0 Å². The van der Waals surface area contributed by atoms with E-state index in [0.717, 1.165) is 56.5 Å². The Bertz CT molecular complexity index is 856. The highest BCUT2D eigenvalue weighted by atomic mass is 16.5. The molecule has 2 aromatic carbocycles. The molecule has 1 aromatic heterocycles. The average Bonchev–Trinajstić information content (AvgIpc) is 3.18. The Morgan fingerprint density at radius 3 is 2.37 bits per heavy atom. The van der Waals surface area contributed by atoms with Crippen LogP contribution in [0, 0.1) is 0 Å². The molecule has 0 radical (unpaired) electrons. The normalized spacial score (nSPS) is 15.7. The van der Waals surface area contributed by atoms with Crippen LogP contribution in [0.25, 0.3) is 5.69 Å². The lowest BCUT2D eigenvalue weighted by Crippen LogP contribution is -2.45. The quantitative estimate of drug-likeness (QED) is 0.674. The zero-order valence-electron chi connectivity index (χ0n) is 15.7. The van der Waals surface area contributed by atoms with Crippen molar-refractivity contribution in [2.75, 3.05) is 33.3 Å². The van der Waals surface area contributed by atoms with E-state index < -0.39 is 0 Å². The van der Waals surface area contributed by atoms with Crippen LogP contribution in [0.5, 0.6) is 5.75 Å². The lowest BCUT2D eigenvalue weighted by Gasteiger charge is -2.34. The van der Waals surface area contributed by atoms with Crippen LogP contribution < -0.4 is 4.74 Å². The van der Waals surface area contributed by atoms with Gasteiger partial charge in [0.05, 0.1) is 13.7 Å². The number of rotatable bonds is 6. The van der Waals surface area contributed by atoms with E-state index in [2.05, 4.69) is 54.9 Å². The Morgan fingerprint density at radius 2 is 1.63 bits per heavy atom. The van der Waals surface area contributed by atoms with Gasteiger partial charge in [-0.15, -0.1) is 10.2 Å². The van der Waals surface area contributed by atoms with Gasteiger partial charge in [0, 0.05) is 38.4 Å². The molecule has 0 amide bonds. The molecule has 2 heterocycles. The first-order chi connectivity index (χ1) is 13.3. The molecule has 0 saturated carbocycles. The van der Waals surface area contributed by atoms with Gasteiger partial charge in [0.1, 0.15) is 12.1 Å². The summed E-state index contributed by atoms with van der Waals surface area (Å²) in [6.07, 6.45) is 1.80. The molecular formula is C21H25N5O. The zero-order valence-corrected chi connectivity index (χ0v) is 15.7. The van der Waals surface area contributed by atoms with Crippen molar-refractivity contribution in [3.8, 4) is 11.4 Å². The summed E-state index contributed by atoms with van der Waals surface area (Å²) >= 11 is 0. The maximum atomic E-state index is 5.33. The minimum atomic E-state index is 0.821. The van der Waals surface area contributed by atoms with E-state index in [9.17, 15) is 0 Å². The van der Waals surface area contributed by atoms with Crippen LogP contribution >= 0.6 is 0 Å². The summed E-state index contributed by atoms with van der Waals surface area (Å²) in [6.45, 7) is 5.96. The molecule has 0 atom stereocenters. The van der Waals surface area contributed by atoms with Crippen molar-refractivity contribution in [2.24, 2.45) is 0 Å². The fourth-order valence-corrected chi connectivity index (χ4v) is 3.51. The summed E-state index contributed by atoms with van der Waals surface area (Å²) < 4.78 is 7.40. The van der Waals surface area contributed by atoms with Crippen molar-refractivity contribution in [1.82, 2.24) is 24.6 Å². The van der Waals surface area contributed by atoms with E-state index in [1.54, 1.807) is 13.4 Å². The van der Waals surface area contributed by atoms with Crippen LogP contribution in [-0.2, 0) is 13.1 Å². The molecule has 0 unspecified atom stereocenters. The molecule has 3 aromatic rings. The van der Waals surface area contributed by atoms with E-state index >= 15 is 0 Å². The van der Waals surface area contributed by atoms with Crippen LogP contribution in [0.1, 0.15) is 11.4 Å². The number of nitrogens with zero attached hydrogens (tertiary/aromatic N) is 5. The second-order valence-corrected chi connectivity index (χ2v) is 6.86. The number of para-hydroxylation sites is 1. The SMILES string of the molecule is COc1cccc(CN2CCN(Cc3nncn3-c3ccccc3)CC2)c1. The average molecular weight is 363 g/mol. The maximum Gasteiger partial charge on any atom is 0.151 e. The molecule has 27 heavy (non-hydrogen) atoms. The van der Waals surface area contributed by atoms with Gasteiger partial charge in [0.25, 0.3) is 0 Å². The third-order valence-electron chi connectivity index (χ3n) is 5.02. The number of hydrogen-bond acceptors (Lipinski definition) is 5. The Labute approximate surface area is 160 Å². The van der Waals surface area contributed by atoms with Gasteiger partial charge in [-0.3, -0.25) is 14.4 Å². The Kier molecular flexibility index (Phi) is 5.46. The van der Waals surface area contributed by atoms with E-state index in [0.29, 0.717) is 0 Å². The standard InChI is InChI=1S/C21H25N5O/c1-27-20-9-5-6-18(14-20)15-24-10-12-25(13-11-24)16-21-23-22-17-26(21)19-7-3-2-4-8-19/h2-9,14,17H,10-13,15-16H2,1H3. The van der Waals surface area contributed by atoms with Crippen molar-refractivity contribution in [2.45, 2.75) is 13.1 Å². The van der Waals surface area contributed by atoms with Crippen molar-refractivity contribution >= 4 is 0 Å². The highest BCUT2D eigenvalue weighted by Gasteiger charge is 2.19. The third kappa shape index (κ3) is 4.35. The van der Waals surface area contributed by atoms with Gasteiger partial charge < -0.3 is 4.74 Å². The molecule has 0 N–H and O–H groups in total. The van der Waals surface area contributed by atoms with E-state index in [1.165, 1.54) is 5.56 Å². The summed E-state index contributed by atoms with van der Waals surface area (Å²) in [6, 6.07) is 18.6. The lowest BCUT2D eigenvalue weighted by atomic mass is 10.2. The predicted octanol–water partition coefficient (Wildman–Crippen LogP) is 2.59. The number of methoxy groups -OCH3 is 1. The molecule has 1 saturated heterocycles. The molecule has 0 spiro atoms. The molecule has 1 aliphatic heterocycles. The second-order valence-electron chi connectivity index (χ2n) is 6.86. The highest BCUT2D eigenvalue weighted by Crippen LogP contribution is 2.16. The van der Waals surface area contributed by atoms with Crippen molar-refractivity contribution in [3.63, 3.8) is 0 Å². The van der Waals surface area contributed by atoms with Crippen molar-refractivity contribution < 1.29 is 4.74 Å². The third-order valence-corrected chi connectivity index (χ3v) is 5.02. The maximum absolute atomic E-state index is 5.33. The first-order valence-electron chi connectivity index (χ1n) is 9.34. The molecule has 6 nitrogen and oxygen atoms in total. The summed E-state index contributed by atoms with van der Waals surface area (Å²) in [7, 11) is 1.71. The predicted molar refractivity (Wildman–Crippen MR) is 105 cm³/mol.